The average Bonchev–Trinajstić information content (AvgIpc) is 2.58. The third-order valence-corrected chi connectivity index (χ3v) is 4.30. The molecular formula is C19H36N2O4. The minimum atomic E-state index is -1.13. The predicted octanol–water partition coefficient (Wildman–Crippen LogP) is 3.47. The van der Waals surface area contributed by atoms with Crippen molar-refractivity contribution < 1.29 is 19.5 Å². The molecule has 0 aromatic carbocycles. The summed E-state index contributed by atoms with van der Waals surface area (Å²) in [5, 5.41) is 9.50. The first-order valence-corrected chi connectivity index (χ1v) is 9.77. The van der Waals surface area contributed by atoms with Crippen LogP contribution in [-0.2, 0) is 14.4 Å². The molecule has 0 unspecified atom stereocenters. The van der Waals surface area contributed by atoms with Gasteiger partial charge >= 0.3 is 5.97 Å². The monoisotopic (exact) mass is 356 g/mol. The lowest BCUT2D eigenvalue weighted by Crippen LogP contribution is -2.48. The van der Waals surface area contributed by atoms with E-state index in [9.17, 15) is 19.5 Å². The normalized spacial score (nSPS) is 12.0. The maximum absolute atomic E-state index is 12.6. The van der Waals surface area contributed by atoms with Crippen molar-refractivity contribution in [2.45, 2.75) is 96.9 Å². The highest BCUT2D eigenvalue weighted by molar-refractivity contribution is 5.99. The molecule has 0 heterocycles. The number of hydrogen-bond acceptors (Lipinski definition) is 4. The molecule has 2 amide bonds. The van der Waals surface area contributed by atoms with Crippen LogP contribution in [0, 0.1) is 0 Å². The molecule has 0 aliphatic heterocycles. The third-order valence-electron chi connectivity index (χ3n) is 4.30. The van der Waals surface area contributed by atoms with E-state index in [0.717, 1.165) is 43.4 Å². The Kier molecular flexibility index (Phi) is 14.0. The van der Waals surface area contributed by atoms with Gasteiger partial charge in [-0.15, -0.1) is 0 Å². The van der Waals surface area contributed by atoms with E-state index >= 15 is 0 Å². The number of carbonyl (C=O) groups excluding carboxylic acids is 2. The Morgan fingerprint density at radius 3 is 1.68 bits per heavy atom. The largest absolute Gasteiger partial charge is 0.480 e. The molecule has 0 saturated carbocycles. The van der Waals surface area contributed by atoms with Crippen LogP contribution in [-0.4, -0.2) is 40.4 Å². The summed E-state index contributed by atoms with van der Waals surface area (Å²) in [6.07, 6.45) is 8.55. The first-order chi connectivity index (χ1) is 12.0. The highest BCUT2D eigenvalue weighted by atomic mass is 16.4. The maximum Gasteiger partial charge on any atom is 0.326 e. The Morgan fingerprint density at radius 1 is 0.840 bits per heavy atom. The minimum absolute atomic E-state index is 0.216. The summed E-state index contributed by atoms with van der Waals surface area (Å²) in [5.41, 5.74) is 5.48. The zero-order valence-corrected chi connectivity index (χ0v) is 16.0. The summed E-state index contributed by atoms with van der Waals surface area (Å²) < 4.78 is 0. The molecule has 0 rings (SSSR count). The van der Waals surface area contributed by atoms with Gasteiger partial charge in [-0.1, -0.05) is 52.4 Å². The summed E-state index contributed by atoms with van der Waals surface area (Å²) in [5.74, 6) is -1.85. The Morgan fingerprint density at radius 2 is 1.32 bits per heavy atom. The lowest BCUT2D eigenvalue weighted by atomic mass is 10.1. The summed E-state index contributed by atoms with van der Waals surface area (Å²) in [4.78, 5) is 37.7. The van der Waals surface area contributed by atoms with Crippen LogP contribution in [0.1, 0.15) is 90.9 Å². The molecule has 0 aliphatic rings. The van der Waals surface area contributed by atoms with Crippen LogP contribution in [0.25, 0.3) is 0 Å². The fourth-order valence-electron chi connectivity index (χ4n) is 2.81. The molecule has 0 saturated heterocycles. The van der Waals surface area contributed by atoms with Gasteiger partial charge in [-0.3, -0.25) is 14.5 Å². The first kappa shape index (κ1) is 23.6. The zero-order valence-electron chi connectivity index (χ0n) is 16.0. The molecule has 0 aromatic rings. The average molecular weight is 357 g/mol. The lowest BCUT2D eigenvalue weighted by Gasteiger charge is -2.27. The fourth-order valence-corrected chi connectivity index (χ4v) is 2.81. The number of carboxylic acids is 1. The molecule has 146 valence electrons. The number of hydrogen-bond donors (Lipinski definition) is 2. The second-order valence-corrected chi connectivity index (χ2v) is 6.56. The zero-order chi connectivity index (χ0) is 19.1. The molecule has 0 aliphatic carbocycles. The lowest BCUT2D eigenvalue weighted by molar-refractivity contribution is -0.158. The van der Waals surface area contributed by atoms with Gasteiger partial charge in [0.2, 0.25) is 11.8 Å². The molecule has 6 heteroatoms. The molecule has 0 radical (unpaired) electrons. The number of amides is 2. The highest BCUT2D eigenvalue weighted by Crippen LogP contribution is 2.16. The second-order valence-electron chi connectivity index (χ2n) is 6.56. The number of rotatable bonds is 15. The van der Waals surface area contributed by atoms with Crippen LogP contribution < -0.4 is 5.73 Å². The van der Waals surface area contributed by atoms with Crippen LogP contribution in [0.15, 0.2) is 0 Å². The second kappa shape index (κ2) is 14.9. The van der Waals surface area contributed by atoms with Crippen molar-refractivity contribution >= 4 is 17.8 Å². The SMILES string of the molecule is CCCCCCC(=O)N(C(=O)CCCCCC)[C@@H](CCCN)C(=O)O. The van der Waals surface area contributed by atoms with E-state index in [2.05, 4.69) is 13.8 Å². The standard InChI is InChI=1S/C19H36N2O4/c1-3-5-7-9-13-17(22)21(16(19(24)25)12-11-15-20)18(23)14-10-8-6-4-2/h16H,3-15,20H2,1-2H3,(H,24,25)/t16-/m0/s1. The van der Waals surface area contributed by atoms with Gasteiger partial charge in [0.15, 0.2) is 0 Å². The minimum Gasteiger partial charge on any atom is -0.480 e. The molecule has 0 bridgehead atoms. The number of nitrogens with zero attached hydrogens (tertiary/aromatic N) is 1. The van der Waals surface area contributed by atoms with Gasteiger partial charge in [0.1, 0.15) is 6.04 Å². The van der Waals surface area contributed by atoms with Gasteiger partial charge in [0, 0.05) is 12.8 Å². The van der Waals surface area contributed by atoms with Crippen molar-refractivity contribution in [2.24, 2.45) is 5.73 Å². The Labute approximate surface area is 152 Å². The van der Waals surface area contributed by atoms with E-state index in [4.69, 9.17) is 5.73 Å². The molecule has 0 fully saturated rings. The van der Waals surface area contributed by atoms with Gasteiger partial charge < -0.3 is 10.8 Å². The molecule has 1 atom stereocenters. The number of carboxylic acid groups (broad SMARTS) is 1. The van der Waals surface area contributed by atoms with Crippen molar-refractivity contribution in [3.05, 3.63) is 0 Å². The van der Waals surface area contributed by atoms with Gasteiger partial charge in [-0.05, 0) is 32.2 Å². The van der Waals surface area contributed by atoms with Crippen molar-refractivity contribution in [1.29, 1.82) is 0 Å². The van der Waals surface area contributed by atoms with E-state index in [0.29, 0.717) is 25.8 Å². The van der Waals surface area contributed by atoms with E-state index in [1.807, 2.05) is 0 Å². The Hall–Kier alpha value is -1.43. The van der Waals surface area contributed by atoms with Gasteiger partial charge in [0.05, 0.1) is 0 Å². The number of unbranched alkanes of at least 4 members (excludes halogenated alkanes) is 6. The topological polar surface area (TPSA) is 101 Å². The molecule has 0 spiro atoms. The van der Waals surface area contributed by atoms with Crippen LogP contribution in [0.2, 0.25) is 0 Å². The summed E-state index contributed by atoms with van der Waals surface area (Å²) >= 11 is 0. The predicted molar refractivity (Wildman–Crippen MR) is 99.1 cm³/mol. The summed E-state index contributed by atoms with van der Waals surface area (Å²) in [7, 11) is 0. The van der Waals surface area contributed by atoms with Crippen LogP contribution >= 0.6 is 0 Å². The Balaban J connectivity index is 4.95. The van der Waals surface area contributed by atoms with Crippen LogP contribution in [0.3, 0.4) is 0 Å². The van der Waals surface area contributed by atoms with E-state index in [1.54, 1.807) is 0 Å². The molecule has 3 N–H and O–H groups in total. The van der Waals surface area contributed by atoms with Crippen molar-refractivity contribution in [3.63, 3.8) is 0 Å². The smallest absolute Gasteiger partial charge is 0.326 e. The van der Waals surface area contributed by atoms with E-state index < -0.39 is 12.0 Å². The van der Waals surface area contributed by atoms with Crippen LogP contribution in [0.5, 0.6) is 0 Å². The van der Waals surface area contributed by atoms with Crippen molar-refractivity contribution in [2.75, 3.05) is 6.54 Å². The molecule has 0 aromatic heterocycles. The van der Waals surface area contributed by atoms with E-state index in [-0.39, 0.29) is 31.1 Å². The van der Waals surface area contributed by atoms with E-state index in [1.165, 1.54) is 0 Å². The first-order valence-electron chi connectivity index (χ1n) is 9.77. The van der Waals surface area contributed by atoms with Gasteiger partial charge in [-0.2, -0.15) is 0 Å². The molecule has 6 nitrogen and oxygen atoms in total. The fraction of sp³-hybridized carbons (Fsp3) is 0.842. The van der Waals surface area contributed by atoms with Gasteiger partial charge in [0.25, 0.3) is 0 Å². The Bertz CT molecular complexity index is 375. The van der Waals surface area contributed by atoms with Crippen molar-refractivity contribution in [3.8, 4) is 0 Å². The quantitative estimate of drug-likeness (QED) is 0.438. The number of carbonyl (C=O) groups is 3. The van der Waals surface area contributed by atoms with Crippen molar-refractivity contribution in [1.82, 2.24) is 4.90 Å². The third kappa shape index (κ3) is 10.2. The van der Waals surface area contributed by atoms with Crippen LogP contribution in [0.4, 0.5) is 0 Å². The summed E-state index contributed by atoms with van der Waals surface area (Å²) in [6, 6.07) is -1.10. The van der Waals surface area contributed by atoms with Gasteiger partial charge in [-0.25, -0.2) is 4.79 Å². The number of nitrogens with two attached hydrogens (primary N) is 1. The molecular weight excluding hydrogens is 320 g/mol. The number of aliphatic carboxylic acids is 1. The number of imide groups is 1. The highest BCUT2D eigenvalue weighted by Gasteiger charge is 2.33. The molecule has 25 heavy (non-hydrogen) atoms. The summed E-state index contributed by atoms with van der Waals surface area (Å²) in [6.45, 7) is 4.51. The maximum atomic E-state index is 12.6.